The van der Waals surface area contributed by atoms with Crippen molar-refractivity contribution in [2.45, 2.75) is 62.3 Å². The molecule has 5 rings (SSSR count). The quantitative estimate of drug-likeness (QED) is 0.624. The Kier molecular flexibility index (Phi) is 2.89. The highest BCUT2D eigenvalue weighted by Crippen LogP contribution is 2.51. The summed E-state index contributed by atoms with van der Waals surface area (Å²) in [7, 11) is 0. The van der Waals surface area contributed by atoms with Crippen molar-refractivity contribution in [3.63, 3.8) is 0 Å². The van der Waals surface area contributed by atoms with Crippen LogP contribution in [0, 0.1) is 0 Å². The lowest BCUT2D eigenvalue weighted by Crippen LogP contribution is -2.22. The molecule has 6 heteroatoms. The van der Waals surface area contributed by atoms with Gasteiger partial charge < -0.3 is 18.9 Å². The normalized spacial score (nSPS) is 38.2. The summed E-state index contributed by atoms with van der Waals surface area (Å²) in [6.45, 7) is 0. The number of carbonyl (C=O) groups excluding carboxylic acids is 2. The average molecular weight is 330 g/mol. The Morgan fingerprint density at radius 3 is 1.79 bits per heavy atom. The van der Waals surface area contributed by atoms with Crippen molar-refractivity contribution < 1.29 is 28.5 Å². The molecular weight excluding hydrogens is 312 g/mol. The molecule has 1 aromatic rings. The molecule has 126 valence electrons. The Bertz CT molecular complexity index is 673. The molecule has 0 amide bonds. The SMILES string of the molecule is O=C(OC12CCCC1O2)c1cccc(C(=O)OC23CCCC2O3)c1. The number of carbonyl (C=O) groups is 2. The monoisotopic (exact) mass is 330 g/mol. The fraction of sp³-hybridized carbons (Fsp3) is 0.556. The Morgan fingerprint density at radius 1 is 0.917 bits per heavy atom. The van der Waals surface area contributed by atoms with Crippen molar-refractivity contribution in [2.24, 2.45) is 0 Å². The molecule has 2 aliphatic heterocycles. The number of hydrogen-bond donors (Lipinski definition) is 0. The van der Waals surface area contributed by atoms with E-state index in [2.05, 4.69) is 0 Å². The maximum atomic E-state index is 12.3. The van der Waals surface area contributed by atoms with Gasteiger partial charge in [0, 0.05) is 12.8 Å². The Balaban J connectivity index is 1.29. The van der Waals surface area contributed by atoms with E-state index in [1.807, 2.05) is 0 Å². The van der Waals surface area contributed by atoms with Gasteiger partial charge in [0.15, 0.2) is 0 Å². The number of ether oxygens (including phenoxy) is 4. The first kappa shape index (κ1) is 14.4. The van der Waals surface area contributed by atoms with Crippen LogP contribution in [-0.2, 0) is 18.9 Å². The van der Waals surface area contributed by atoms with Crippen molar-refractivity contribution in [2.75, 3.05) is 0 Å². The molecule has 4 fully saturated rings. The van der Waals surface area contributed by atoms with E-state index in [4.69, 9.17) is 18.9 Å². The van der Waals surface area contributed by atoms with Crippen LogP contribution in [0.25, 0.3) is 0 Å². The van der Waals surface area contributed by atoms with E-state index in [9.17, 15) is 9.59 Å². The number of esters is 2. The predicted molar refractivity (Wildman–Crippen MR) is 80.2 cm³/mol. The van der Waals surface area contributed by atoms with Crippen LogP contribution >= 0.6 is 0 Å². The van der Waals surface area contributed by atoms with Gasteiger partial charge in [-0.15, -0.1) is 0 Å². The van der Waals surface area contributed by atoms with Gasteiger partial charge in [-0.1, -0.05) is 6.07 Å². The molecule has 4 atom stereocenters. The zero-order valence-electron chi connectivity index (χ0n) is 13.2. The molecule has 2 saturated carbocycles. The third-order valence-electron chi connectivity index (χ3n) is 5.40. The summed E-state index contributed by atoms with van der Waals surface area (Å²) in [5.41, 5.74) is 0.661. The van der Waals surface area contributed by atoms with Crippen LogP contribution in [0.5, 0.6) is 0 Å². The van der Waals surface area contributed by atoms with E-state index >= 15 is 0 Å². The third kappa shape index (κ3) is 2.17. The highest BCUT2D eigenvalue weighted by Gasteiger charge is 2.64. The molecule has 2 aliphatic carbocycles. The summed E-state index contributed by atoms with van der Waals surface area (Å²) in [5.74, 6) is -2.36. The van der Waals surface area contributed by atoms with Crippen molar-refractivity contribution in [3.8, 4) is 0 Å². The lowest BCUT2D eigenvalue weighted by Gasteiger charge is -2.12. The van der Waals surface area contributed by atoms with Crippen molar-refractivity contribution in [1.29, 1.82) is 0 Å². The first-order chi connectivity index (χ1) is 11.6. The van der Waals surface area contributed by atoms with Gasteiger partial charge in [-0.2, -0.15) is 0 Å². The first-order valence-corrected chi connectivity index (χ1v) is 8.53. The number of benzene rings is 1. The minimum absolute atomic E-state index is 0.0417. The number of epoxide rings is 2. The van der Waals surface area contributed by atoms with E-state index in [1.165, 1.54) is 6.07 Å². The van der Waals surface area contributed by atoms with Crippen molar-refractivity contribution >= 4 is 11.9 Å². The second-order valence-corrected chi connectivity index (χ2v) is 6.98. The summed E-state index contributed by atoms with van der Waals surface area (Å²) in [4.78, 5) is 24.7. The van der Waals surface area contributed by atoms with Crippen LogP contribution in [0.3, 0.4) is 0 Å². The largest absolute Gasteiger partial charge is 0.427 e. The van der Waals surface area contributed by atoms with Crippen LogP contribution in [0.1, 0.15) is 59.2 Å². The molecule has 2 saturated heterocycles. The molecular formula is C18H18O6. The van der Waals surface area contributed by atoms with Crippen LogP contribution in [0.4, 0.5) is 0 Å². The van der Waals surface area contributed by atoms with Crippen molar-refractivity contribution in [3.05, 3.63) is 35.4 Å². The maximum absolute atomic E-state index is 12.3. The average Bonchev–Trinajstić information content (AvgIpc) is 3.35. The lowest BCUT2D eigenvalue weighted by molar-refractivity contribution is -0.0217. The van der Waals surface area contributed by atoms with Crippen molar-refractivity contribution in [1.82, 2.24) is 0 Å². The molecule has 24 heavy (non-hydrogen) atoms. The molecule has 0 N–H and O–H groups in total. The topological polar surface area (TPSA) is 77.7 Å². The first-order valence-electron chi connectivity index (χ1n) is 8.53. The van der Waals surface area contributed by atoms with Crippen LogP contribution in [0.2, 0.25) is 0 Å². The summed E-state index contributed by atoms with van der Waals surface area (Å²) in [6, 6.07) is 6.43. The van der Waals surface area contributed by atoms with Gasteiger partial charge in [0.2, 0.25) is 11.6 Å². The van der Waals surface area contributed by atoms with Crippen LogP contribution in [0.15, 0.2) is 24.3 Å². The fourth-order valence-electron chi connectivity index (χ4n) is 3.97. The zero-order chi connectivity index (χ0) is 16.4. The van der Waals surface area contributed by atoms with Gasteiger partial charge in [-0.3, -0.25) is 0 Å². The maximum Gasteiger partial charge on any atom is 0.340 e. The second-order valence-electron chi connectivity index (χ2n) is 6.98. The molecule has 0 aromatic heterocycles. The number of fused-ring (bicyclic) bond motifs is 2. The molecule has 4 aliphatic rings. The Morgan fingerprint density at radius 2 is 1.42 bits per heavy atom. The molecule has 0 spiro atoms. The van der Waals surface area contributed by atoms with Gasteiger partial charge in [-0.25, -0.2) is 9.59 Å². The Hall–Kier alpha value is -1.92. The highest BCUT2D eigenvalue weighted by atomic mass is 16.8. The van der Waals surface area contributed by atoms with Gasteiger partial charge in [0.25, 0.3) is 0 Å². The Labute approximate surface area is 139 Å². The molecule has 2 heterocycles. The minimum atomic E-state index is -0.717. The summed E-state index contributed by atoms with van der Waals surface area (Å²) < 4.78 is 22.0. The van der Waals surface area contributed by atoms with E-state index in [0.29, 0.717) is 11.1 Å². The summed E-state index contributed by atoms with van der Waals surface area (Å²) in [5, 5.41) is 0. The van der Waals surface area contributed by atoms with Gasteiger partial charge in [-0.05, 0) is 43.9 Å². The molecule has 0 radical (unpaired) electrons. The van der Waals surface area contributed by atoms with E-state index in [1.54, 1.807) is 18.2 Å². The van der Waals surface area contributed by atoms with Gasteiger partial charge in [0.05, 0.1) is 11.1 Å². The number of hydrogen-bond acceptors (Lipinski definition) is 6. The van der Waals surface area contributed by atoms with Crippen LogP contribution in [-0.4, -0.2) is 35.7 Å². The lowest BCUT2D eigenvalue weighted by atomic mass is 10.1. The molecule has 4 unspecified atom stereocenters. The fourth-order valence-corrected chi connectivity index (χ4v) is 3.97. The molecule has 0 bridgehead atoms. The number of rotatable bonds is 4. The van der Waals surface area contributed by atoms with Crippen LogP contribution < -0.4 is 0 Å². The summed E-state index contributed by atoms with van der Waals surface area (Å²) in [6.07, 6.45) is 5.45. The predicted octanol–water partition coefficient (Wildman–Crippen LogP) is 2.56. The molecule has 1 aromatic carbocycles. The van der Waals surface area contributed by atoms with E-state index in [-0.39, 0.29) is 12.2 Å². The van der Waals surface area contributed by atoms with E-state index in [0.717, 1.165) is 38.5 Å². The second kappa shape index (κ2) is 4.80. The summed E-state index contributed by atoms with van der Waals surface area (Å²) >= 11 is 0. The van der Waals surface area contributed by atoms with Gasteiger partial charge >= 0.3 is 11.9 Å². The third-order valence-corrected chi connectivity index (χ3v) is 5.40. The van der Waals surface area contributed by atoms with E-state index < -0.39 is 23.5 Å². The zero-order valence-corrected chi connectivity index (χ0v) is 13.2. The highest BCUT2D eigenvalue weighted by molar-refractivity contribution is 5.95. The minimum Gasteiger partial charge on any atom is -0.427 e. The smallest absolute Gasteiger partial charge is 0.340 e. The molecule has 6 nitrogen and oxygen atoms in total. The standard InChI is InChI=1S/C18H18O6/c19-15(23-17-8-2-6-13(17)21-17)11-4-1-5-12(10-11)16(20)24-18-9-3-7-14(18)22-18/h1,4-5,10,13-14H,2-3,6-9H2. The van der Waals surface area contributed by atoms with Gasteiger partial charge in [0.1, 0.15) is 12.2 Å².